The molecule has 0 amide bonds. The molecule has 0 atom stereocenters. The first kappa shape index (κ1) is 18.1. The minimum atomic E-state index is -0.677. The number of allylic oxidation sites excluding steroid dienone is 1. The third-order valence-electron chi connectivity index (χ3n) is 4.26. The highest BCUT2D eigenvalue weighted by molar-refractivity contribution is 6.14. The predicted molar refractivity (Wildman–Crippen MR) is 104 cm³/mol. The summed E-state index contributed by atoms with van der Waals surface area (Å²) < 4.78 is 10.9. The molecule has 3 aromatic rings. The monoisotopic (exact) mass is 387 g/mol. The molecule has 0 fully saturated rings. The molecule has 1 aliphatic heterocycles. The van der Waals surface area contributed by atoms with Crippen LogP contribution in [0.5, 0.6) is 11.5 Å². The van der Waals surface area contributed by atoms with Gasteiger partial charge in [0.1, 0.15) is 11.5 Å². The Kier molecular flexibility index (Phi) is 4.62. The van der Waals surface area contributed by atoms with E-state index in [2.05, 4.69) is 0 Å². The summed E-state index contributed by atoms with van der Waals surface area (Å²) in [7, 11) is 0. The molecule has 0 unspecified atom stereocenters. The molecule has 0 saturated heterocycles. The van der Waals surface area contributed by atoms with Gasteiger partial charge in [-0.2, -0.15) is 0 Å². The molecular weight excluding hydrogens is 374 g/mol. The summed E-state index contributed by atoms with van der Waals surface area (Å²) in [4.78, 5) is 34.9. The van der Waals surface area contributed by atoms with E-state index in [4.69, 9.17) is 9.47 Å². The highest BCUT2D eigenvalue weighted by Gasteiger charge is 2.28. The number of nitrogens with zero attached hydrogens (tertiary/aromatic N) is 1. The molecule has 4 rings (SSSR count). The molecule has 3 aromatic carbocycles. The van der Waals surface area contributed by atoms with Crippen molar-refractivity contribution in [1.29, 1.82) is 0 Å². The summed E-state index contributed by atoms with van der Waals surface area (Å²) in [5.41, 5.74) is 1.25. The van der Waals surface area contributed by atoms with Crippen LogP contribution in [-0.2, 0) is 0 Å². The number of non-ortho nitro benzene ring substituents is 1. The molecule has 0 saturated carbocycles. The number of fused-ring (bicyclic) bond motifs is 1. The van der Waals surface area contributed by atoms with Crippen LogP contribution in [0.1, 0.15) is 26.3 Å². The SMILES string of the molecule is O=C(Oc1ccc2c(c1)OC(=Cc1ccccc1)C2=O)c1ccc([N+](=O)[O-])cc1. The van der Waals surface area contributed by atoms with Gasteiger partial charge < -0.3 is 9.47 Å². The van der Waals surface area contributed by atoms with Crippen molar-refractivity contribution >= 4 is 23.5 Å². The molecule has 7 heteroatoms. The molecule has 0 N–H and O–H groups in total. The Morgan fingerprint density at radius 1 is 1.00 bits per heavy atom. The Morgan fingerprint density at radius 2 is 1.72 bits per heavy atom. The van der Waals surface area contributed by atoms with Gasteiger partial charge in [0.2, 0.25) is 5.78 Å². The first-order valence-electron chi connectivity index (χ1n) is 8.61. The van der Waals surface area contributed by atoms with Crippen LogP contribution >= 0.6 is 0 Å². The number of hydrogen-bond acceptors (Lipinski definition) is 6. The summed E-state index contributed by atoms with van der Waals surface area (Å²) in [6.07, 6.45) is 1.64. The summed E-state index contributed by atoms with van der Waals surface area (Å²) in [5, 5.41) is 10.7. The fourth-order valence-electron chi connectivity index (χ4n) is 2.82. The van der Waals surface area contributed by atoms with Crippen LogP contribution in [0.4, 0.5) is 5.69 Å². The highest BCUT2D eigenvalue weighted by Crippen LogP contribution is 2.35. The van der Waals surface area contributed by atoms with Crippen LogP contribution < -0.4 is 9.47 Å². The topological polar surface area (TPSA) is 95.7 Å². The van der Waals surface area contributed by atoms with E-state index in [0.29, 0.717) is 11.3 Å². The van der Waals surface area contributed by atoms with Crippen LogP contribution in [0.3, 0.4) is 0 Å². The molecule has 0 radical (unpaired) electrons. The van der Waals surface area contributed by atoms with Gasteiger partial charge in [0.05, 0.1) is 16.1 Å². The van der Waals surface area contributed by atoms with Crippen molar-refractivity contribution in [3.05, 3.63) is 105 Å². The third-order valence-corrected chi connectivity index (χ3v) is 4.26. The number of nitro groups is 1. The molecule has 0 aliphatic carbocycles. The van der Waals surface area contributed by atoms with E-state index in [-0.39, 0.29) is 28.5 Å². The molecule has 0 bridgehead atoms. The van der Waals surface area contributed by atoms with Gasteiger partial charge in [-0.1, -0.05) is 30.3 Å². The molecule has 1 heterocycles. The van der Waals surface area contributed by atoms with Crippen molar-refractivity contribution < 1.29 is 24.0 Å². The van der Waals surface area contributed by atoms with E-state index in [9.17, 15) is 19.7 Å². The Morgan fingerprint density at radius 3 is 2.41 bits per heavy atom. The van der Waals surface area contributed by atoms with Gasteiger partial charge in [-0.15, -0.1) is 0 Å². The summed E-state index contributed by atoms with van der Waals surface area (Å²) in [6.45, 7) is 0. The second-order valence-corrected chi connectivity index (χ2v) is 6.20. The van der Waals surface area contributed by atoms with Crippen molar-refractivity contribution in [2.45, 2.75) is 0 Å². The van der Waals surface area contributed by atoms with E-state index in [1.807, 2.05) is 30.3 Å². The lowest BCUT2D eigenvalue weighted by Gasteiger charge is -2.05. The molecule has 29 heavy (non-hydrogen) atoms. The first-order chi connectivity index (χ1) is 14.0. The van der Waals surface area contributed by atoms with E-state index >= 15 is 0 Å². The van der Waals surface area contributed by atoms with E-state index in [1.165, 1.54) is 42.5 Å². The van der Waals surface area contributed by atoms with Gasteiger partial charge in [0, 0.05) is 18.2 Å². The highest BCUT2D eigenvalue weighted by atomic mass is 16.6. The van der Waals surface area contributed by atoms with Crippen LogP contribution in [0.15, 0.2) is 78.6 Å². The number of rotatable bonds is 4. The maximum Gasteiger partial charge on any atom is 0.343 e. The number of benzene rings is 3. The van der Waals surface area contributed by atoms with E-state index < -0.39 is 10.9 Å². The maximum absolute atomic E-state index is 12.5. The second kappa shape index (κ2) is 7.40. The van der Waals surface area contributed by atoms with E-state index in [1.54, 1.807) is 6.08 Å². The number of hydrogen-bond donors (Lipinski definition) is 0. The Labute approximate surface area is 165 Å². The van der Waals surface area contributed by atoms with Crippen molar-refractivity contribution in [1.82, 2.24) is 0 Å². The molecule has 1 aliphatic rings. The molecule has 0 spiro atoms. The average Bonchev–Trinajstić information content (AvgIpc) is 3.03. The predicted octanol–water partition coefficient (Wildman–Crippen LogP) is 4.43. The van der Waals surface area contributed by atoms with Crippen LogP contribution in [0.25, 0.3) is 6.08 Å². The van der Waals surface area contributed by atoms with Gasteiger partial charge in [-0.25, -0.2) is 4.79 Å². The molecule has 142 valence electrons. The quantitative estimate of drug-likeness (QED) is 0.216. The molecule has 7 nitrogen and oxygen atoms in total. The van der Waals surface area contributed by atoms with E-state index in [0.717, 1.165) is 5.56 Å². The number of esters is 1. The van der Waals surface area contributed by atoms with Crippen molar-refractivity contribution in [2.75, 3.05) is 0 Å². The summed E-state index contributed by atoms with van der Waals surface area (Å²) >= 11 is 0. The van der Waals surface area contributed by atoms with Gasteiger partial charge in [-0.05, 0) is 35.9 Å². The minimum absolute atomic E-state index is 0.122. The number of ether oxygens (including phenoxy) is 2. The lowest BCUT2D eigenvalue weighted by molar-refractivity contribution is -0.384. The zero-order valence-corrected chi connectivity index (χ0v) is 14.9. The minimum Gasteiger partial charge on any atom is -0.452 e. The zero-order chi connectivity index (χ0) is 20.4. The number of carbonyl (C=O) groups is 2. The largest absolute Gasteiger partial charge is 0.452 e. The lowest BCUT2D eigenvalue weighted by Crippen LogP contribution is -2.08. The lowest BCUT2D eigenvalue weighted by atomic mass is 10.1. The smallest absolute Gasteiger partial charge is 0.343 e. The standard InChI is InChI=1S/C22H13NO6/c24-21-18-11-10-17(28-22(25)15-6-8-16(9-7-15)23(26)27)13-19(18)29-20(21)12-14-4-2-1-3-5-14/h1-13H. The molecular formula is C22H13NO6. The van der Waals surface area contributed by atoms with Crippen molar-refractivity contribution in [3.8, 4) is 11.5 Å². The summed E-state index contributed by atoms with van der Waals surface area (Å²) in [5.74, 6) is -0.251. The van der Waals surface area contributed by atoms with Gasteiger partial charge >= 0.3 is 5.97 Å². The fraction of sp³-hybridized carbons (Fsp3) is 0. The fourth-order valence-corrected chi connectivity index (χ4v) is 2.82. The third kappa shape index (κ3) is 3.74. The number of nitro benzene ring substituents is 1. The maximum atomic E-state index is 12.5. The normalized spacial score (nSPS) is 13.7. The van der Waals surface area contributed by atoms with Gasteiger partial charge in [-0.3, -0.25) is 14.9 Å². The van der Waals surface area contributed by atoms with Crippen LogP contribution in [0, 0.1) is 10.1 Å². The zero-order valence-electron chi connectivity index (χ0n) is 14.9. The number of ketones is 1. The van der Waals surface area contributed by atoms with Gasteiger partial charge in [0.15, 0.2) is 5.76 Å². The van der Waals surface area contributed by atoms with Crippen molar-refractivity contribution in [2.24, 2.45) is 0 Å². The summed E-state index contributed by atoms with van der Waals surface area (Å²) in [6, 6.07) is 18.9. The van der Waals surface area contributed by atoms with Gasteiger partial charge in [0.25, 0.3) is 5.69 Å². The number of Topliss-reactive ketones (excluding diaryl/α,β-unsaturated/α-hetero) is 1. The Bertz CT molecular complexity index is 1150. The number of carbonyl (C=O) groups excluding carboxylic acids is 2. The Balaban J connectivity index is 1.52. The Hall–Kier alpha value is -4.26. The first-order valence-corrected chi connectivity index (χ1v) is 8.61. The van der Waals surface area contributed by atoms with Crippen LogP contribution in [-0.4, -0.2) is 16.7 Å². The van der Waals surface area contributed by atoms with Crippen LogP contribution in [0.2, 0.25) is 0 Å². The average molecular weight is 387 g/mol. The van der Waals surface area contributed by atoms with Crippen molar-refractivity contribution in [3.63, 3.8) is 0 Å². The second-order valence-electron chi connectivity index (χ2n) is 6.20. The molecule has 0 aromatic heterocycles.